The summed E-state index contributed by atoms with van der Waals surface area (Å²) in [6, 6.07) is 0. The zero-order chi connectivity index (χ0) is 9.84. The van der Waals surface area contributed by atoms with Crippen molar-refractivity contribution >= 4 is 0 Å². The topological polar surface area (TPSA) is 110 Å². The van der Waals surface area contributed by atoms with Crippen LogP contribution in [0.25, 0.3) is 0 Å². The molecule has 5 N–H and O–H groups in total. The zero-order valence-electron chi connectivity index (χ0n) is 6.83. The summed E-state index contributed by atoms with van der Waals surface area (Å²) in [7, 11) is 0. The average Bonchev–Trinajstić information content (AvgIpc) is 2.67. The molecule has 13 heavy (non-hydrogen) atoms. The first kappa shape index (κ1) is 10.1. The predicted octanol–water partition coefficient (Wildman–Crippen LogP) is -1.84. The van der Waals surface area contributed by atoms with Crippen LogP contribution in [0.15, 0.2) is 12.5 Å². The van der Waals surface area contributed by atoms with Crippen LogP contribution in [0.3, 0.4) is 0 Å². The molecule has 0 amide bonds. The second-order valence-electron chi connectivity index (χ2n) is 2.69. The van der Waals surface area contributed by atoms with E-state index in [4.69, 9.17) is 10.2 Å². The van der Waals surface area contributed by atoms with Crippen molar-refractivity contribution in [1.82, 2.24) is 9.97 Å². The second kappa shape index (κ2) is 4.33. The molecule has 0 saturated heterocycles. The quantitative estimate of drug-likeness (QED) is 0.381. The van der Waals surface area contributed by atoms with Gasteiger partial charge < -0.3 is 25.4 Å². The predicted molar refractivity (Wildman–Crippen MR) is 42.6 cm³/mol. The van der Waals surface area contributed by atoms with Gasteiger partial charge in [0.1, 0.15) is 18.3 Å². The smallest absolute Gasteiger partial charge is 0.124 e. The number of rotatable bonds is 4. The van der Waals surface area contributed by atoms with E-state index < -0.39 is 24.9 Å². The number of aliphatic hydroxyl groups excluding tert-OH is 4. The Hall–Kier alpha value is -0.950. The number of hydrogen-bond donors (Lipinski definition) is 5. The van der Waals surface area contributed by atoms with Gasteiger partial charge >= 0.3 is 0 Å². The van der Waals surface area contributed by atoms with E-state index in [-0.39, 0.29) is 0 Å². The lowest BCUT2D eigenvalue weighted by Gasteiger charge is -2.20. The third-order valence-corrected chi connectivity index (χ3v) is 1.74. The lowest BCUT2D eigenvalue weighted by Crippen LogP contribution is -2.34. The van der Waals surface area contributed by atoms with Gasteiger partial charge in [0.15, 0.2) is 0 Å². The van der Waals surface area contributed by atoms with Gasteiger partial charge in [-0.1, -0.05) is 0 Å². The summed E-state index contributed by atoms with van der Waals surface area (Å²) in [6.07, 6.45) is -1.39. The summed E-state index contributed by atoms with van der Waals surface area (Å²) >= 11 is 0. The molecule has 0 unspecified atom stereocenters. The third kappa shape index (κ3) is 2.25. The maximum Gasteiger partial charge on any atom is 0.124 e. The van der Waals surface area contributed by atoms with Crippen LogP contribution in [-0.2, 0) is 0 Å². The van der Waals surface area contributed by atoms with Crippen LogP contribution in [0.2, 0.25) is 0 Å². The normalized spacial score (nSPS) is 18.2. The summed E-state index contributed by atoms with van der Waals surface area (Å²) in [5.74, 6) is 0. The van der Waals surface area contributed by atoms with Crippen molar-refractivity contribution < 1.29 is 20.4 Å². The molecule has 0 aliphatic carbocycles. The fourth-order valence-corrected chi connectivity index (χ4v) is 0.931. The molecule has 3 atom stereocenters. The SMILES string of the molecule is OC[C@@H](O)[C@H](O)[C@H](O)c1cnc[nH]1. The van der Waals surface area contributed by atoms with Crippen LogP contribution < -0.4 is 0 Å². The van der Waals surface area contributed by atoms with Crippen LogP contribution in [0.5, 0.6) is 0 Å². The highest BCUT2D eigenvalue weighted by atomic mass is 16.4. The van der Waals surface area contributed by atoms with Crippen LogP contribution in [0, 0.1) is 0 Å². The fourth-order valence-electron chi connectivity index (χ4n) is 0.931. The number of nitrogens with zero attached hydrogens (tertiary/aromatic N) is 1. The Morgan fingerprint density at radius 2 is 2.08 bits per heavy atom. The standard InChI is InChI=1S/C7H12N2O4/c10-2-5(11)7(13)6(12)4-1-8-3-9-4/h1,3,5-7,10-13H,2H2,(H,8,9)/t5-,6-,7+/m1/s1. The molecular weight excluding hydrogens is 176 g/mol. The largest absolute Gasteiger partial charge is 0.394 e. The summed E-state index contributed by atoms with van der Waals surface area (Å²) in [5.41, 5.74) is 0.292. The number of imidazole rings is 1. The Morgan fingerprint density at radius 3 is 2.54 bits per heavy atom. The fraction of sp³-hybridized carbons (Fsp3) is 0.571. The van der Waals surface area contributed by atoms with Gasteiger partial charge in [-0.05, 0) is 0 Å². The summed E-state index contributed by atoms with van der Waals surface area (Å²) < 4.78 is 0. The van der Waals surface area contributed by atoms with E-state index in [0.717, 1.165) is 0 Å². The molecule has 1 aromatic heterocycles. The van der Waals surface area contributed by atoms with Gasteiger partial charge in [-0.2, -0.15) is 0 Å². The van der Waals surface area contributed by atoms with Crippen molar-refractivity contribution in [3.63, 3.8) is 0 Å². The minimum Gasteiger partial charge on any atom is -0.394 e. The number of aromatic amines is 1. The molecule has 0 spiro atoms. The molecule has 0 aliphatic rings. The molecule has 0 aliphatic heterocycles. The molecule has 74 valence electrons. The maximum absolute atomic E-state index is 9.39. The maximum atomic E-state index is 9.39. The minimum atomic E-state index is -1.43. The average molecular weight is 188 g/mol. The number of aliphatic hydroxyl groups is 4. The molecule has 0 bridgehead atoms. The van der Waals surface area contributed by atoms with Gasteiger partial charge in [-0.3, -0.25) is 0 Å². The van der Waals surface area contributed by atoms with E-state index >= 15 is 0 Å². The number of hydrogen-bond acceptors (Lipinski definition) is 5. The Morgan fingerprint density at radius 1 is 1.38 bits per heavy atom. The van der Waals surface area contributed by atoms with Crippen molar-refractivity contribution in [1.29, 1.82) is 0 Å². The van der Waals surface area contributed by atoms with Crippen molar-refractivity contribution in [2.75, 3.05) is 6.61 Å². The molecule has 0 saturated carbocycles. The summed E-state index contributed by atoms with van der Waals surface area (Å²) in [4.78, 5) is 6.22. The molecule has 6 nitrogen and oxygen atoms in total. The Bertz CT molecular complexity index is 239. The third-order valence-electron chi connectivity index (χ3n) is 1.74. The molecule has 0 fully saturated rings. The van der Waals surface area contributed by atoms with Crippen molar-refractivity contribution in [2.45, 2.75) is 18.3 Å². The highest BCUT2D eigenvalue weighted by Gasteiger charge is 2.26. The zero-order valence-corrected chi connectivity index (χ0v) is 6.83. The Labute approximate surface area is 74.5 Å². The molecule has 1 aromatic rings. The van der Waals surface area contributed by atoms with E-state index in [1.54, 1.807) is 0 Å². The number of aromatic nitrogens is 2. The van der Waals surface area contributed by atoms with Crippen LogP contribution in [-0.4, -0.2) is 49.2 Å². The molecule has 6 heteroatoms. The van der Waals surface area contributed by atoms with Gasteiger partial charge in [0.2, 0.25) is 0 Å². The molecule has 1 rings (SSSR count). The van der Waals surface area contributed by atoms with E-state index in [1.807, 2.05) is 0 Å². The monoisotopic (exact) mass is 188 g/mol. The van der Waals surface area contributed by atoms with Gasteiger partial charge in [-0.15, -0.1) is 0 Å². The Balaban J connectivity index is 2.62. The molecular formula is C7H12N2O4. The van der Waals surface area contributed by atoms with Gasteiger partial charge in [0.05, 0.1) is 24.8 Å². The van der Waals surface area contributed by atoms with E-state index in [0.29, 0.717) is 5.69 Å². The van der Waals surface area contributed by atoms with Gasteiger partial charge in [0, 0.05) is 0 Å². The highest BCUT2D eigenvalue weighted by molar-refractivity contribution is 5.02. The van der Waals surface area contributed by atoms with E-state index in [2.05, 4.69) is 9.97 Å². The number of nitrogens with one attached hydrogen (secondary N) is 1. The van der Waals surface area contributed by atoms with Crippen LogP contribution in [0.4, 0.5) is 0 Å². The van der Waals surface area contributed by atoms with E-state index in [1.165, 1.54) is 12.5 Å². The summed E-state index contributed by atoms with van der Waals surface area (Å²) in [6.45, 7) is -0.605. The van der Waals surface area contributed by atoms with Gasteiger partial charge in [0.25, 0.3) is 0 Å². The number of H-pyrrole nitrogens is 1. The molecule has 0 aromatic carbocycles. The first-order valence-electron chi connectivity index (χ1n) is 3.80. The first-order chi connectivity index (χ1) is 6.16. The first-order valence-corrected chi connectivity index (χ1v) is 3.80. The summed E-state index contributed by atoms with van der Waals surface area (Å²) in [5, 5.41) is 36.1. The molecule has 1 heterocycles. The van der Waals surface area contributed by atoms with Gasteiger partial charge in [-0.25, -0.2) is 4.98 Å². The van der Waals surface area contributed by atoms with Crippen molar-refractivity contribution in [3.05, 3.63) is 18.2 Å². The lowest BCUT2D eigenvalue weighted by molar-refractivity contribution is -0.0788. The highest BCUT2D eigenvalue weighted by Crippen LogP contribution is 2.15. The molecule has 0 radical (unpaired) electrons. The Kier molecular flexibility index (Phi) is 3.38. The second-order valence-corrected chi connectivity index (χ2v) is 2.69. The van der Waals surface area contributed by atoms with Crippen LogP contribution in [0.1, 0.15) is 11.8 Å². The minimum absolute atomic E-state index is 0.292. The van der Waals surface area contributed by atoms with Crippen molar-refractivity contribution in [2.24, 2.45) is 0 Å². The van der Waals surface area contributed by atoms with Crippen molar-refractivity contribution in [3.8, 4) is 0 Å². The van der Waals surface area contributed by atoms with Crippen LogP contribution >= 0.6 is 0 Å². The lowest BCUT2D eigenvalue weighted by atomic mass is 10.1. The van der Waals surface area contributed by atoms with E-state index in [9.17, 15) is 10.2 Å².